The lowest BCUT2D eigenvalue weighted by Gasteiger charge is -2.35. The van der Waals surface area contributed by atoms with Gasteiger partial charge in [0.1, 0.15) is 5.82 Å². The molecule has 0 aliphatic carbocycles. The standard InChI is InChI=1S/C16H19N5O2S/c22-15(1-3-19-16(23)13-2-10-24-12-13)21-8-6-20(7-9-21)14-11-17-4-5-18-14/h2,4-5,10-12H,1,3,6-9H2,(H,19,23). The average molecular weight is 345 g/mol. The smallest absolute Gasteiger partial charge is 0.252 e. The number of nitrogens with one attached hydrogen (secondary N) is 1. The highest BCUT2D eigenvalue weighted by Crippen LogP contribution is 2.12. The topological polar surface area (TPSA) is 78.4 Å². The highest BCUT2D eigenvalue weighted by Gasteiger charge is 2.21. The van der Waals surface area contributed by atoms with E-state index in [2.05, 4.69) is 20.2 Å². The quantitative estimate of drug-likeness (QED) is 0.875. The zero-order chi connectivity index (χ0) is 16.8. The molecule has 2 aromatic rings. The molecule has 0 spiro atoms. The molecule has 1 aliphatic rings. The van der Waals surface area contributed by atoms with Gasteiger partial charge in [-0.25, -0.2) is 4.98 Å². The fourth-order valence-corrected chi connectivity index (χ4v) is 3.21. The van der Waals surface area contributed by atoms with Gasteiger partial charge in [0.15, 0.2) is 0 Å². The van der Waals surface area contributed by atoms with Crippen molar-refractivity contribution < 1.29 is 9.59 Å². The van der Waals surface area contributed by atoms with E-state index < -0.39 is 0 Å². The first kappa shape index (κ1) is 16.4. The minimum absolute atomic E-state index is 0.0689. The van der Waals surface area contributed by atoms with Crippen LogP contribution < -0.4 is 10.2 Å². The summed E-state index contributed by atoms with van der Waals surface area (Å²) in [5.41, 5.74) is 0.644. The van der Waals surface area contributed by atoms with Gasteiger partial charge in [-0.3, -0.25) is 14.6 Å². The Labute approximate surface area is 144 Å². The molecule has 8 heteroatoms. The van der Waals surface area contributed by atoms with Gasteiger partial charge in [-0.1, -0.05) is 0 Å². The van der Waals surface area contributed by atoms with Gasteiger partial charge in [-0.05, 0) is 11.4 Å². The third-order valence-electron chi connectivity index (χ3n) is 3.91. The Morgan fingerprint density at radius 1 is 1.21 bits per heavy atom. The van der Waals surface area contributed by atoms with Crippen LogP contribution in [0.2, 0.25) is 0 Å². The lowest BCUT2D eigenvalue weighted by atomic mass is 10.2. The molecule has 126 valence electrons. The van der Waals surface area contributed by atoms with Gasteiger partial charge < -0.3 is 15.1 Å². The Morgan fingerprint density at radius 3 is 2.71 bits per heavy atom. The molecule has 1 saturated heterocycles. The molecule has 0 atom stereocenters. The molecule has 2 amide bonds. The van der Waals surface area contributed by atoms with Crippen molar-refractivity contribution in [3.63, 3.8) is 0 Å². The number of piperazine rings is 1. The van der Waals surface area contributed by atoms with Crippen LogP contribution >= 0.6 is 11.3 Å². The number of carbonyl (C=O) groups excluding carboxylic acids is 2. The molecule has 1 N–H and O–H groups in total. The van der Waals surface area contributed by atoms with Gasteiger partial charge in [0.2, 0.25) is 5.91 Å². The second kappa shape index (κ2) is 7.87. The summed E-state index contributed by atoms with van der Waals surface area (Å²) in [6.07, 6.45) is 5.37. The molecule has 1 aliphatic heterocycles. The van der Waals surface area contributed by atoms with E-state index in [1.165, 1.54) is 11.3 Å². The molecule has 0 aromatic carbocycles. The van der Waals surface area contributed by atoms with Crippen LogP contribution in [0.4, 0.5) is 5.82 Å². The lowest BCUT2D eigenvalue weighted by molar-refractivity contribution is -0.131. The molecule has 2 aromatic heterocycles. The maximum absolute atomic E-state index is 12.2. The van der Waals surface area contributed by atoms with Crippen molar-refractivity contribution in [2.24, 2.45) is 0 Å². The van der Waals surface area contributed by atoms with E-state index in [1.807, 2.05) is 10.3 Å². The minimum Gasteiger partial charge on any atom is -0.352 e. The monoisotopic (exact) mass is 345 g/mol. The van der Waals surface area contributed by atoms with E-state index in [0.717, 1.165) is 18.9 Å². The Hall–Kier alpha value is -2.48. The summed E-state index contributed by atoms with van der Waals surface area (Å²) in [4.78, 5) is 36.4. The predicted molar refractivity (Wildman–Crippen MR) is 92.1 cm³/mol. The van der Waals surface area contributed by atoms with Gasteiger partial charge in [0.05, 0.1) is 6.20 Å². The number of thiophene rings is 1. The van der Waals surface area contributed by atoms with Crippen LogP contribution in [0.15, 0.2) is 35.4 Å². The Bertz CT molecular complexity index is 669. The highest BCUT2D eigenvalue weighted by molar-refractivity contribution is 7.08. The van der Waals surface area contributed by atoms with Gasteiger partial charge in [-0.2, -0.15) is 11.3 Å². The van der Waals surface area contributed by atoms with Crippen molar-refractivity contribution >= 4 is 29.0 Å². The summed E-state index contributed by atoms with van der Waals surface area (Å²) >= 11 is 1.48. The average Bonchev–Trinajstić information content (AvgIpc) is 3.17. The maximum atomic E-state index is 12.2. The second-order valence-electron chi connectivity index (χ2n) is 5.45. The fraction of sp³-hybridized carbons (Fsp3) is 0.375. The first-order chi connectivity index (χ1) is 11.7. The van der Waals surface area contributed by atoms with Crippen LogP contribution in [-0.2, 0) is 4.79 Å². The van der Waals surface area contributed by atoms with Gasteiger partial charge in [-0.15, -0.1) is 0 Å². The summed E-state index contributed by atoms with van der Waals surface area (Å²) in [7, 11) is 0. The number of carbonyl (C=O) groups is 2. The van der Waals surface area contributed by atoms with Crippen LogP contribution in [-0.4, -0.2) is 59.4 Å². The van der Waals surface area contributed by atoms with E-state index in [0.29, 0.717) is 31.6 Å². The van der Waals surface area contributed by atoms with E-state index in [4.69, 9.17) is 0 Å². The summed E-state index contributed by atoms with van der Waals surface area (Å²) < 4.78 is 0. The predicted octanol–water partition coefficient (Wildman–Crippen LogP) is 1.01. The van der Waals surface area contributed by atoms with Crippen molar-refractivity contribution in [3.8, 4) is 0 Å². The number of hydrogen-bond donors (Lipinski definition) is 1. The molecule has 0 unspecified atom stereocenters. The molecule has 0 bridgehead atoms. The molecule has 24 heavy (non-hydrogen) atoms. The zero-order valence-corrected chi connectivity index (χ0v) is 14.0. The van der Waals surface area contributed by atoms with Crippen molar-refractivity contribution in [3.05, 3.63) is 41.0 Å². The first-order valence-electron chi connectivity index (χ1n) is 7.83. The number of hydrogen-bond acceptors (Lipinski definition) is 6. The molecule has 3 heterocycles. The van der Waals surface area contributed by atoms with Gasteiger partial charge in [0, 0.05) is 62.5 Å². The van der Waals surface area contributed by atoms with E-state index >= 15 is 0 Å². The number of anilines is 1. The molecule has 3 rings (SSSR count). The van der Waals surface area contributed by atoms with Gasteiger partial charge >= 0.3 is 0 Å². The summed E-state index contributed by atoms with van der Waals surface area (Å²) in [6, 6.07) is 1.77. The Morgan fingerprint density at radius 2 is 2.04 bits per heavy atom. The highest BCUT2D eigenvalue weighted by atomic mass is 32.1. The first-order valence-corrected chi connectivity index (χ1v) is 8.77. The van der Waals surface area contributed by atoms with Crippen molar-refractivity contribution in [1.29, 1.82) is 0 Å². The molecular formula is C16H19N5O2S. The normalized spacial score (nSPS) is 14.5. The minimum atomic E-state index is -0.128. The number of nitrogens with zero attached hydrogens (tertiary/aromatic N) is 4. The largest absolute Gasteiger partial charge is 0.352 e. The molecule has 7 nitrogen and oxygen atoms in total. The van der Waals surface area contributed by atoms with Crippen LogP contribution in [0, 0.1) is 0 Å². The third kappa shape index (κ3) is 4.08. The van der Waals surface area contributed by atoms with Crippen molar-refractivity contribution in [2.75, 3.05) is 37.6 Å². The molecular weight excluding hydrogens is 326 g/mol. The maximum Gasteiger partial charge on any atom is 0.252 e. The number of rotatable bonds is 5. The van der Waals surface area contributed by atoms with Crippen LogP contribution in [0.3, 0.4) is 0 Å². The summed E-state index contributed by atoms with van der Waals surface area (Å²) in [6.45, 7) is 3.16. The van der Waals surface area contributed by atoms with Gasteiger partial charge in [0.25, 0.3) is 5.91 Å². The van der Waals surface area contributed by atoms with Crippen molar-refractivity contribution in [2.45, 2.75) is 6.42 Å². The number of aromatic nitrogens is 2. The van der Waals surface area contributed by atoms with Crippen LogP contribution in [0.5, 0.6) is 0 Å². The van der Waals surface area contributed by atoms with Crippen LogP contribution in [0.25, 0.3) is 0 Å². The van der Waals surface area contributed by atoms with E-state index in [9.17, 15) is 9.59 Å². The molecule has 0 radical (unpaired) electrons. The number of amides is 2. The lowest BCUT2D eigenvalue weighted by Crippen LogP contribution is -2.49. The molecule has 0 saturated carbocycles. The Balaban J connectivity index is 1.40. The SMILES string of the molecule is O=C(NCCC(=O)N1CCN(c2cnccn2)CC1)c1ccsc1. The Kier molecular flexibility index (Phi) is 5.37. The zero-order valence-electron chi connectivity index (χ0n) is 13.2. The van der Waals surface area contributed by atoms with E-state index in [-0.39, 0.29) is 11.8 Å². The summed E-state index contributed by atoms with van der Waals surface area (Å²) in [5, 5.41) is 6.43. The third-order valence-corrected chi connectivity index (χ3v) is 4.60. The van der Waals surface area contributed by atoms with Crippen molar-refractivity contribution in [1.82, 2.24) is 20.2 Å². The molecule has 1 fully saturated rings. The fourth-order valence-electron chi connectivity index (χ4n) is 2.58. The summed E-state index contributed by atoms with van der Waals surface area (Å²) in [5.74, 6) is 0.781. The second-order valence-corrected chi connectivity index (χ2v) is 6.23. The van der Waals surface area contributed by atoms with E-state index in [1.54, 1.807) is 30.0 Å². The van der Waals surface area contributed by atoms with Crippen LogP contribution in [0.1, 0.15) is 16.8 Å².